The van der Waals surface area contributed by atoms with E-state index >= 15 is 0 Å². The predicted octanol–water partition coefficient (Wildman–Crippen LogP) is 2.09. The Kier molecular flexibility index (Phi) is 5.09. The Morgan fingerprint density at radius 2 is 1.90 bits per heavy atom. The topological polar surface area (TPSA) is 54.2 Å². The predicted molar refractivity (Wildman–Crippen MR) is 83.9 cm³/mol. The molecule has 0 aliphatic carbocycles. The monoisotopic (exact) mass is 288 g/mol. The zero-order valence-corrected chi connectivity index (χ0v) is 13.2. The first-order valence-electron chi connectivity index (χ1n) is 7.33. The highest BCUT2D eigenvalue weighted by molar-refractivity contribution is 5.55. The highest BCUT2D eigenvalue weighted by Gasteiger charge is 2.12. The Balaban J connectivity index is 2.24. The third-order valence-corrected chi connectivity index (χ3v) is 3.34. The maximum atomic E-state index is 9.84. The van der Waals surface area contributed by atoms with Crippen molar-refractivity contribution in [3.63, 3.8) is 0 Å². The first kappa shape index (κ1) is 15.7. The molecule has 21 heavy (non-hydrogen) atoms. The van der Waals surface area contributed by atoms with Crippen molar-refractivity contribution in [3.8, 4) is 11.4 Å². The summed E-state index contributed by atoms with van der Waals surface area (Å²) in [6.07, 6.45) is 0.318. The number of benzene rings is 1. The lowest BCUT2D eigenvalue weighted by Crippen LogP contribution is -2.16. The van der Waals surface area contributed by atoms with Gasteiger partial charge < -0.3 is 10.0 Å². The molecule has 0 fully saturated rings. The molecule has 0 amide bonds. The summed E-state index contributed by atoms with van der Waals surface area (Å²) in [5.74, 6) is 1.54. The van der Waals surface area contributed by atoms with Crippen LogP contribution in [0.4, 0.5) is 0 Å². The second kappa shape index (κ2) is 6.83. The standard InChI is InChI=1S/C16H24N4O/c1-5-15(21)11-20-16(17-12(2)18-20)14-8-6-13(7-9-14)10-19(3)4/h6-9,15,21H,5,10-11H2,1-4H3/t15-/m1/s1. The Morgan fingerprint density at radius 3 is 2.48 bits per heavy atom. The van der Waals surface area contributed by atoms with Crippen LogP contribution in [0.2, 0.25) is 0 Å². The molecule has 5 heteroatoms. The summed E-state index contributed by atoms with van der Waals surface area (Å²) < 4.78 is 1.80. The molecule has 0 saturated carbocycles. The van der Waals surface area contributed by atoms with Gasteiger partial charge in [0.1, 0.15) is 5.82 Å². The van der Waals surface area contributed by atoms with Crippen LogP contribution < -0.4 is 0 Å². The van der Waals surface area contributed by atoms with E-state index in [1.807, 2.05) is 13.8 Å². The van der Waals surface area contributed by atoms with Crippen molar-refractivity contribution in [1.82, 2.24) is 19.7 Å². The molecule has 0 spiro atoms. The number of aliphatic hydroxyl groups is 1. The largest absolute Gasteiger partial charge is 0.391 e. The van der Waals surface area contributed by atoms with Gasteiger partial charge in [0.15, 0.2) is 5.82 Å². The highest BCUT2D eigenvalue weighted by Crippen LogP contribution is 2.19. The molecule has 1 aromatic heterocycles. The fraction of sp³-hybridized carbons (Fsp3) is 0.500. The quantitative estimate of drug-likeness (QED) is 0.884. The summed E-state index contributed by atoms with van der Waals surface area (Å²) in [4.78, 5) is 6.63. The minimum atomic E-state index is -0.391. The molecule has 1 heterocycles. The second-order valence-electron chi connectivity index (χ2n) is 5.66. The lowest BCUT2D eigenvalue weighted by molar-refractivity contribution is 0.145. The van der Waals surface area contributed by atoms with Crippen molar-refractivity contribution in [2.45, 2.75) is 39.5 Å². The van der Waals surface area contributed by atoms with Crippen molar-refractivity contribution in [2.75, 3.05) is 14.1 Å². The number of nitrogens with zero attached hydrogens (tertiary/aromatic N) is 4. The molecule has 2 rings (SSSR count). The van der Waals surface area contributed by atoms with Crippen molar-refractivity contribution in [1.29, 1.82) is 0 Å². The molecule has 1 aromatic carbocycles. The fourth-order valence-electron chi connectivity index (χ4n) is 2.25. The average molecular weight is 288 g/mol. The van der Waals surface area contributed by atoms with Crippen molar-refractivity contribution < 1.29 is 5.11 Å². The van der Waals surface area contributed by atoms with Crippen LogP contribution in [0.5, 0.6) is 0 Å². The van der Waals surface area contributed by atoms with Gasteiger partial charge in [-0.2, -0.15) is 5.10 Å². The number of aryl methyl sites for hydroxylation is 1. The molecule has 1 atom stereocenters. The molecule has 0 radical (unpaired) electrons. The van der Waals surface area contributed by atoms with Gasteiger partial charge >= 0.3 is 0 Å². The van der Waals surface area contributed by atoms with Crippen LogP contribution in [-0.4, -0.2) is 45.0 Å². The first-order chi connectivity index (χ1) is 9.99. The van der Waals surface area contributed by atoms with Crippen LogP contribution in [0.15, 0.2) is 24.3 Å². The lowest BCUT2D eigenvalue weighted by atomic mass is 10.1. The summed E-state index contributed by atoms with van der Waals surface area (Å²) in [6, 6.07) is 8.36. The third-order valence-electron chi connectivity index (χ3n) is 3.34. The number of hydrogen-bond acceptors (Lipinski definition) is 4. The lowest BCUT2D eigenvalue weighted by Gasteiger charge is -2.12. The van der Waals surface area contributed by atoms with E-state index in [2.05, 4.69) is 53.3 Å². The number of aromatic nitrogens is 3. The Labute approximate surface area is 126 Å². The zero-order chi connectivity index (χ0) is 15.4. The van der Waals surface area contributed by atoms with Crippen LogP contribution >= 0.6 is 0 Å². The maximum absolute atomic E-state index is 9.84. The van der Waals surface area contributed by atoms with E-state index in [0.29, 0.717) is 13.0 Å². The van der Waals surface area contributed by atoms with Gasteiger partial charge in [0.25, 0.3) is 0 Å². The van der Waals surface area contributed by atoms with Crippen LogP contribution in [0.25, 0.3) is 11.4 Å². The van der Waals surface area contributed by atoms with Crippen LogP contribution in [0.3, 0.4) is 0 Å². The van der Waals surface area contributed by atoms with Crippen molar-refractivity contribution in [2.24, 2.45) is 0 Å². The van der Waals surface area contributed by atoms with Gasteiger partial charge in [-0.3, -0.25) is 0 Å². The van der Waals surface area contributed by atoms with E-state index in [1.165, 1.54) is 5.56 Å². The summed E-state index contributed by atoms with van der Waals surface area (Å²) in [5, 5.41) is 14.2. The summed E-state index contributed by atoms with van der Waals surface area (Å²) in [5.41, 5.74) is 2.29. The van der Waals surface area contributed by atoms with Crippen LogP contribution in [0, 0.1) is 6.92 Å². The second-order valence-corrected chi connectivity index (χ2v) is 5.66. The van der Waals surface area contributed by atoms with E-state index < -0.39 is 6.10 Å². The van der Waals surface area contributed by atoms with E-state index in [-0.39, 0.29) is 0 Å². The van der Waals surface area contributed by atoms with E-state index in [4.69, 9.17) is 0 Å². The molecule has 0 aliphatic rings. The molecule has 1 N–H and O–H groups in total. The number of hydrogen-bond donors (Lipinski definition) is 1. The molecular weight excluding hydrogens is 264 g/mol. The van der Waals surface area contributed by atoms with E-state index in [0.717, 1.165) is 23.8 Å². The normalized spacial score (nSPS) is 12.9. The molecule has 0 aliphatic heterocycles. The highest BCUT2D eigenvalue weighted by atomic mass is 16.3. The van der Waals surface area contributed by atoms with Gasteiger partial charge in [0.2, 0.25) is 0 Å². The molecule has 2 aromatic rings. The minimum absolute atomic E-state index is 0.391. The minimum Gasteiger partial charge on any atom is -0.391 e. The summed E-state index contributed by atoms with van der Waals surface area (Å²) in [6.45, 7) is 5.23. The number of rotatable bonds is 6. The smallest absolute Gasteiger partial charge is 0.158 e. The van der Waals surface area contributed by atoms with Gasteiger partial charge in [0.05, 0.1) is 12.6 Å². The molecule has 114 valence electrons. The molecule has 0 bridgehead atoms. The SMILES string of the molecule is CC[C@@H](O)Cn1nc(C)nc1-c1ccc(CN(C)C)cc1. The average Bonchev–Trinajstić information content (AvgIpc) is 2.79. The van der Waals surface area contributed by atoms with Gasteiger partial charge in [-0.15, -0.1) is 0 Å². The Bertz CT molecular complexity index is 574. The number of aliphatic hydroxyl groups excluding tert-OH is 1. The molecule has 0 unspecified atom stereocenters. The summed E-state index contributed by atoms with van der Waals surface area (Å²) >= 11 is 0. The molecule has 5 nitrogen and oxygen atoms in total. The van der Waals surface area contributed by atoms with Gasteiger partial charge in [0, 0.05) is 12.1 Å². The van der Waals surface area contributed by atoms with Gasteiger partial charge in [-0.05, 0) is 33.0 Å². The van der Waals surface area contributed by atoms with Crippen LogP contribution in [-0.2, 0) is 13.1 Å². The third kappa shape index (κ3) is 4.12. The Hall–Kier alpha value is -1.72. The maximum Gasteiger partial charge on any atom is 0.158 e. The van der Waals surface area contributed by atoms with E-state index in [1.54, 1.807) is 4.68 Å². The zero-order valence-electron chi connectivity index (χ0n) is 13.2. The van der Waals surface area contributed by atoms with Gasteiger partial charge in [-0.1, -0.05) is 31.2 Å². The summed E-state index contributed by atoms with van der Waals surface area (Å²) in [7, 11) is 4.11. The molecular formula is C16H24N4O. The fourth-order valence-corrected chi connectivity index (χ4v) is 2.25. The van der Waals surface area contributed by atoms with Gasteiger partial charge in [-0.25, -0.2) is 9.67 Å². The first-order valence-corrected chi connectivity index (χ1v) is 7.33. The van der Waals surface area contributed by atoms with E-state index in [9.17, 15) is 5.11 Å². The molecule has 0 saturated heterocycles. The Morgan fingerprint density at radius 1 is 1.24 bits per heavy atom. The van der Waals surface area contributed by atoms with Crippen LogP contribution in [0.1, 0.15) is 24.7 Å². The van der Waals surface area contributed by atoms with Crippen molar-refractivity contribution >= 4 is 0 Å². The van der Waals surface area contributed by atoms with Crippen molar-refractivity contribution in [3.05, 3.63) is 35.7 Å².